The van der Waals surface area contributed by atoms with Gasteiger partial charge in [0.25, 0.3) is 0 Å². The molecule has 0 amide bonds. The van der Waals surface area contributed by atoms with Gasteiger partial charge in [-0.15, -0.1) is 0 Å². The van der Waals surface area contributed by atoms with Crippen LogP contribution in [0.2, 0.25) is 0 Å². The van der Waals surface area contributed by atoms with E-state index in [9.17, 15) is 0 Å². The molecule has 19 heavy (non-hydrogen) atoms. The van der Waals surface area contributed by atoms with Crippen LogP contribution in [0, 0.1) is 34.6 Å². The van der Waals surface area contributed by atoms with Gasteiger partial charge in [-0.25, -0.2) is 9.97 Å². The summed E-state index contributed by atoms with van der Waals surface area (Å²) in [6.45, 7) is 17.5. The van der Waals surface area contributed by atoms with E-state index in [1.54, 1.807) is 0 Å². The van der Waals surface area contributed by atoms with Gasteiger partial charge in [-0.1, -0.05) is 20.8 Å². The molecule has 1 heterocycles. The van der Waals surface area contributed by atoms with Gasteiger partial charge in [-0.05, 0) is 62.3 Å². The molecule has 0 atom stereocenters. The summed E-state index contributed by atoms with van der Waals surface area (Å²) < 4.78 is 0. The van der Waals surface area contributed by atoms with Crippen LogP contribution in [0.15, 0.2) is 0 Å². The van der Waals surface area contributed by atoms with E-state index in [0.717, 1.165) is 17.0 Å². The molecule has 2 heteroatoms. The first-order valence-corrected chi connectivity index (χ1v) is 6.89. The minimum absolute atomic E-state index is 0.139. The van der Waals surface area contributed by atoms with Crippen molar-refractivity contribution in [1.82, 2.24) is 9.97 Å². The maximum Gasteiger partial charge on any atom is 0.126 e. The second-order valence-corrected chi connectivity index (χ2v) is 6.58. The quantitative estimate of drug-likeness (QED) is 0.695. The van der Waals surface area contributed by atoms with E-state index < -0.39 is 0 Å². The summed E-state index contributed by atoms with van der Waals surface area (Å²) in [5.41, 5.74) is 7.79. The molecule has 1 aromatic carbocycles. The number of rotatable bonds is 0. The van der Waals surface area contributed by atoms with Gasteiger partial charge in [0.05, 0.1) is 5.52 Å². The number of fused-ring (bicyclic) bond motifs is 1. The Kier molecular flexibility index (Phi) is 3.16. The summed E-state index contributed by atoms with van der Waals surface area (Å²) in [5.74, 6) is 0.858. The van der Waals surface area contributed by atoms with Gasteiger partial charge in [0.1, 0.15) is 5.82 Å². The van der Waals surface area contributed by atoms with E-state index in [1.807, 2.05) is 6.92 Å². The summed E-state index contributed by atoms with van der Waals surface area (Å²) in [6.07, 6.45) is 0. The third-order valence-corrected chi connectivity index (χ3v) is 3.99. The fourth-order valence-electron chi connectivity index (χ4n) is 3.33. The number of aromatic nitrogens is 2. The molecule has 0 aliphatic heterocycles. The Hall–Kier alpha value is -1.44. The molecule has 0 aliphatic carbocycles. The van der Waals surface area contributed by atoms with Crippen LogP contribution in [0.3, 0.4) is 0 Å². The molecule has 0 spiro atoms. The molecule has 1 aromatic heterocycles. The Morgan fingerprint density at radius 2 is 1.32 bits per heavy atom. The van der Waals surface area contributed by atoms with E-state index in [-0.39, 0.29) is 5.41 Å². The lowest BCUT2D eigenvalue weighted by Crippen LogP contribution is -2.17. The minimum Gasteiger partial charge on any atom is -0.238 e. The van der Waals surface area contributed by atoms with E-state index >= 15 is 0 Å². The van der Waals surface area contributed by atoms with Gasteiger partial charge < -0.3 is 0 Å². The molecule has 2 aromatic rings. The summed E-state index contributed by atoms with van der Waals surface area (Å²) >= 11 is 0. The minimum atomic E-state index is 0.139. The summed E-state index contributed by atoms with van der Waals surface area (Å²) in [6, 6.07) is 0. The lowest BCUT2D eigenvalue weighted by molar-refractivity contribution is 0.582. The van der Waals surface area contributed by atoms with Crippen LogP contribution < -0.4 is 0 Å². The highest BCUT2D eigenvalue weighted by Crippen LogP contribution is 2.36. The predicted octanol–water partition coefficient (Wildman–Crippen LogP) is 4.47. The third-order valence-electron chi connectivity index (χ3n) is 3.99. The molecule has 0 saturated carbocycles. The topological polar surface area (TPSA) is 25.8 Å². The lowest BCUT2D eigenvalue weighted by Gasteiger charge is -2.27. The Labute approximate surface area is 116 Å². The average molecular weight is 256 g/mol. The average Bonchev–Trinajstić information content (AvgIpc) is 2.23. The van der Waals surface area contributed by atoms with E-state index in [2.05, 4.69) is 53.5 Å². The van der Waals surface area contributed by atoms with Crippen LogP contribution in [0.1, 0.15) is 54.5 Å². The Morgan fingerprint density at radius 1 is 0.737 bits per heavy atom. The van der Waals surface area contributed by atoms with E-state index in [0.29, 0.717) is 0 Å². The van der Waals surface area contributed by atoms with Gasteiger partial charge in [0.15, 0.2) is 0 Å². The number of nitrogens with zero attached hydrogens (tertiary/aromatic N) is 2. The predicted molar refractivity (Wildman–Crippen MR) is 81.9 cm³/mol. The Bertz CT molecular complexity index is 661. The first-order chi connectivity index (χ1) is 8.64. The van der Waals surface area contributed by atoms with Crippen LogP contribution in [-0.4, -0.2) is 9.97 Å². The fourth-order valence-corrected chi connectivity index (χ4v) is 3.33. The zero-order chi connectivity index (χ0) is 14.5. The highest BCUT2D eigenvalue weighted by Gasteiger charge is 2.23. The highest BCUT2D eigenvalue weighted by atomic mass is 14.9. The van der Waals surface area contributed by atoms with E-state index in [4.69, 9.17) is 4.98 Å². The van der Waals surface area contributed by atoms with Crippen molar-refractivity contribution < 1.29 is 0 Å². The van der Waals surface area contributed by atoms with Crippen molar-refractivity contribution in [1.29, 1.82) is 0 Å². The molecule has 2 rings (SSSR count). The third kappa shape index (κ3) is 2.13. The van der Waals surface area contributed by atoms with Crippen molar-refractivity contribution in [3.8, 4) is 0 Å². The van der Waals surface area contributed by atoms with Crippen molar-refractivity contribution >= 4 is 10.9 Å². The second kappa shape index (κ2) is 4.29. The summed E-state index contributed by atoms with van der Waals surface area (Å²) in [5, 5.41) is 1.23. The molecule has 0 N–H and O–H groups in total. The Balaban J connectivity index is 3.05. The van der Waals surface area contributed by atoms with Crippen molar-refractivity contribution in [2.45, 2.75) is 60.8 Å². The monoisotopic (exact) mass is 256 g/mol. The van der Waals surface area contributed by atoms with Crippen LogP contribution in [0.5, 0.6) is 0 Å². The zero-order valence-electron chi connectivity index (χ0n) is 13.4. The van der Waals surface area contributed by atoms with Crippen LogP contribution in [0.4, 0.5) is 0 Å². The maximum atomic E-state index is 4.70. The van der Waals surface area contributed by atoms with Crippen LogP contribution in [-0.2, 0) is 5.41 Å². The molecule has 0 aliphatic rings. The summed E-state index contributed by atoms with van der Waals surface area (Å²) in [7, 11) is 0. The van der Waals surface area contributed by atoms with Gasteiger partial charge in [-0.3, -0.25) is 0 Å². The largest absolute Gasteiger partial charge is 0.238 e. The van der Waals surface area contributed by atoms with Gasteiger partial charge >= 0.3 is 0 Å². The Morgan fingerprint density at radius 3 is 1.84 bits per heavy atom. The standard InChI is InChI=1S/C17H24N2/c1-9-10(2)15(17(6,7)8)11(3)16-14(9)12(4)18-13(5)19-16/h1-8H3. The van der Waals surface area contributed by atoms with Gasteiger partial charge in [0.2, 0.25) is 0 Å². The molecule has 0 unspecified atom stereocenters. The number of hydrogen-bond donors (Lipinski definition) is 0. The fraction of sp³-hybridized carbons (Fsp3) is 0.529. The molecular weight excluding hydrogens is 232 g/mol. The van der Waals surface area contributed by atoms with Crippen molar-refractivity contribution in [2.75, 3.05) is 0 Å². The molecule has 0 saturated heterocycles. The van der Waals surface area contributed by atoms with Gasteiger partial charge in [-0.2, -0.15) is 0 Å². The first-order valence-electron chi connectivity index (χ1n) is 6.89. The summed E-state index contributed by atoms with van der Waals surface area (Å²) in [4.78, 5) is 9.23. The van der Waals surface area contributed by atoms with Gasteiger partial charge in [0, 0.05) is 11.1 Å². The first kappa shape index (κ1) is 14.0. The smallest absolute Gasteiger partial charge is 0.126 e. The lowest BCUT2D eigenvalue weighted by atomic mass is 9.78. The molecule has 102 valence electrons. The zero-order valence-corrected chi connectivity index (χ0v) is 13.4. The highest BCUT2D eigenvalue weighted by molar-refractivity contribution is 5.89. The number of aryl methyl sites for hydroxylation is 4. The number of benzene rings is 1. The molecule has 2 nitrogen and oxygen atoms in total. The molecule has 0 bridgehead atoms. The van der Waals surface area contributed by atoms with Crippen molar-refractivity contribution in [3.05, 3.63) is 33.8 Å². The maximum absolute atomic E-state index is 4.70. The molecular formula is C17H24N2. The van der Waals surface area contributed by atoms with Crippen molar-refractivity contribution in [3.63, 3.8) is 0 Å². The SMILES string of the molecule is Cc1nc(C)c2c(C)c(C)c(C(C)(C)C)c(C)c2n1. The van der Waals surface area contributed by atoms with E-state index in [1.165, 1.54) is 27.6 Å². The molecule has 0 fully saturated rings. The normalized spacial score (nSPS) is 12.2. The van der Waals surface area contributed by atoms with Crippen LogP contribution in [0.25, 0.3) is 10.9 Å². The second-order valence-electron chi connectivity index (χ2n) is 6.58. The molecule has 0 radical (unpaired) electrons. The van der Waals surface area contributed by atoms with Crippen LogP contribution >= 0.6 is 0 Å². The number of hydrogen-bond acceptors (Lipinski definition) is 2. The van der Waals surface area contributed by atoms with Crippen molar-refractivity contribution in [2.24, 2.45) is 0 Å².